The number of anilines is 1. The minimum absolute atomic E-state index is 0.0899. The molecule has 0 saturated carbocycles. The molecule has 100 valence electrons. The lowest BCUT2D eigenvalue weighted by atomic mass is 9.86. The molecule has 1 saturated heterocycles. The van der Waals surface area contributed by atoms with Crippen molar-refractivity contribution in [1.29, 1.82) is 0 Å². The molecule has 1 N–H and O–H groups in total. The Labute approximate surface area is 109 Å². The van der Waals surface area contributed by atoms with E-state index in [1.807, 2.05) is 40.0 Å². The molecule has 0 aromatic heterocycles. The van der Waals surface area contributed by atoms with E-state index in [2.05, 4.69) is 10.2 Å². The van der Waals surface area contributed by atoms with E-state index < -0.39 is 0 Å². The number of halogens is 1. The standard InChI is InChI=1S/C15H23FN2/c1-15(2,3)13-6-5-12(9-14(13)16)18-8-7-11(10-18)17-4/h5-6,9,11,17H,7-8,10H2,1-4H3/t11-/m0/s1. The lowest BCUT2D eigenvalue weighted by molar-refractivity contribution is 0.523. The van der Waals surface area contributed by atoms with Gasteiger partial charge < -0.3 is 10.2 Å². The van der Waals surface area contributed by atoms with Crippen molar-refractivity contribution < 1.29 is 4.39 Å². The monoisotopic (exact) mass is 250 g/mol. The maximum Gasteiger partial charge on any atom is 0.128 e. The van der Waals surface area contributed by atoms with Gasteiger partial charge in [-0.25, -0.2) is 4.39 Å². The summed E-state index contributed by atoms with van der Waals surface area (Å²) in [5, 5.41) is 3.28. The Morgan fingerprint density at radius 3 is 2.56 bits per heavy atom. The molecule has 3 heteroatoms. The molecule has 1 fully saturated rings. The van der Waals surface area contributed by atoms with Crippen LogP contribution in [0.25, 0.3) is 0 Å². The summed E-state index contributed by atoms with van der Waals surface area (Å²) in [7, 11) is 1.98. The summed E-state index contributed by atoms with van der Waals surface area (Å²) in [5.41, 5.74) is 1.65. The molecule has 1 aliphatic rings. The zero-order valence-corrected chi connectivity index (χ0v) is 11.8. The number of rotatable bonds is 2. The molecule has 0 amide bonds. The third-order valence-corrected chi connectivity index (χ3v) is 3.72. The van der Waals surface area contributed by atoms with Gasteiger partial charge in [0, 0.05) is 24.8 Å². The normalized spacial score (nSPS) is 20.5. The number of nitrogens with zero attached hydrogens (tertiary/aromatic N) is 1. The van der Waals surface area contributed by atoms with Crippen molar-refractivity contribution in [2.45, 2.75) is 38.6 Å². The lowest BCUT2D eigenvalue weighted by Crippen LogP contribution is -2.29. The fourth-order valence-corrected chi connectivity index (χ4v) is 2.54. The predicted octanol–water partition coefficient (Wildman–Crippen LogP) is 2.92. The Morgan fingerprint density at radius 1 is 1.33 bits per heavy atom. The molecule has 0 unspecified atom stereocenters. The van der Waals surface area contributed by atoms with Crippen molar-refractivity contribution in [3.63, 3.8) is 0 Å². The van der Waals surface area contributed by atoms with Crippen LogP contribution in [0.4, 0.5) is 10.1 Å². The minimum atomic E-state index is -0.138. The van der Waals surface area contributed by atoms with Gasteiger partial charge in [0.25, 0.3) is 0 Å². The highest BCUT2D eigenvalue weighted by Gasteiger charge is 2.23. The van der Waals surface area contributed by atoms with E-state index in [0.717, 1.165) is 30.8 Å². The molecule has 1 aromatic carbocycles. The number of likely N-dealkylation sites (N-methyl/N-ethyl adjacent to an activating group) is 1. The summed E-state index contributed by atoms with van der Waals surface area (Å²) in [5.74, 6) is -0.0899. The zero-order chi connectivity index (χ0) is 13.3. The largest absolute Gasteiger partial charge is 0.370 e. The molecule has 0 bridgehead atoms. The average molecular weight is 250 g/mol. The molecule has 1 aromatic rings. The van der Waals surface area contributed by atoms with Crippen LogP contribution in [0.3, 0.4) is 0 Å². The minimum Gasteiger partial charge on any atom is -0.370 e. The van der Waals surface area contributed by atoms with Gasteiger partial charge in [-0.3, -0.25) is 0 Å². The number of benzene rings is 1. The highest BCUT2D eigenvalue weighted by atomic mass is 19.1. The first-order valence-electron chi connectivity index (χ1n) is 6.64. The van der Waals surface area contributed by atoms with Gasteiger partial charge in [-0.05, 0) is 36.6 Å². The first kappa shape index (κ1) is 13.3. The molecule has 1 aliphatic heterocycles. The number of hydrogen-bond donors (Lipinski definition) is 1. The molecule has 2 nitrogen and oxygen atoms in total. The second-order valence-corrected chi connectivity index (χ2v) is 6.13. The topological polar surface area (TPSA) is 15.3 Å². The molecule has 1 atom stereocenters. The van der Waals surface area contributed by atoms with E-state index >= 15 is 0 Å². The number of hydrogen-bond acceptors (Lipinski definition) is 2. The quantitative estimate of drug-likeness (QED) is 0.868. The van der Waals surface area contributed by atoms with Gasteiger partial charge in [0.2, 0.25) is 0 Å². The van der Waals surface area contributed by atoms with Crippen molar-refractivity contribution in [2.75, 3.05) is 25.0 Å². The molecule has 0 aliphatic carbocycles. The highest BCUT2D eigenvalue weighted by Crippen LogP contribution is 2.29. The first-order valence-corrected chi connectivity index (χ1v) is 6.64. The molecule has 2 rings (SSSR count). The molecule has 0 spiro atoms. The van der Waals surface area contributed by atoms with E-state index in [1.165, 1.54) is 0 Å². The van der Waals surface area contributed by atoms with Crippen molar-refractivity contribution in [3.05, 3.63) is 29.6 Å². The van der Waals surface area contributed by atoms with E-state index in [9.17, 15) is 4.39 Å². The van der Waals surface area contributed by atoms with Crippen molar-refractivity contribution in [3.8, 4) is 0 Å². The second-order valence-electron chi connectivity index (χ2n) is 6.13. The summed E-state index contributed by atoms with van der Waals surface area (Å²) in [6.07, 6.45) is 1.12. The Hall–Kier alpha value is -1.09. The third kappa shape index (κ3) is 2.66. The van der Waals surface area contributed by atoms with Crippen LogP contribution in [0.2, 0.25) is 0 Å². The Morgan fingerprint density at radius 2 is 2.06 bits per heavy atom. The first-order chi connectivity index (χ1) is 8.41. The van der Waals surface area contributed by atoms with Gasteiger partial charge in [-0.15, -0.1) is 0 Å². The summed E-state index contributed by atoms with van der Waals surface area (Å²) in [6.45, 7) is 8.08. The summed E-state index contributed by atoms with van der Waals surface area (Å²) < 4.78 is 14.1. The zero-order valence-electron chi connectivity index (χ0n) is 11.8. The van der Waals surface area contributed by atoms with Crippen LogP contribution in [0.5, 0.6) is 0 Å². The fourth-order valence-electron chi connectivity index (χ4n) is 2.54. The maximum absolute atomic E-state index is 14.1. The molecule has 0 radical (unpaired) electrons. The Bertz CT molecular complexity index is 423. The van der Waals surface area contributed by atoms with Crippen LogP contribution in [0.1, 0.15) is 32.8 Å². The lowest BCUT2D eigenvalue weighted by Gasteiger charge is -2.23. The SMILES string of the molecule is CN[C@H]1CCN(c2ccc(C(C)(C)C)c(F)c2)C1. The smallest absolute Gasteiger partial charge is 0.128 e. The maximum atomic E-state index is 14.1. The fraction of sp³-hybridized carbons (Fsp3) is 0.600. The van der Waals surface area contributed by atoms with Crippen LogP contribution >= 0.6 is 0 Å². The van der Waals surface area contributed by atoms with Crippen molar-refractivity contribution in [1.82, 2.24) is 5.32 Å². The van der Waals surface area contributed by atoms with E-state index in [-0.39, 0.29) is 11.2 Å². The van der Waals surface area contributed by atoms with Crippen LogP contribution in [-0.4, -0.2) is 26.2 Å². The molecule has 1 heterocycles. The van der Waals surface area contributed by atoms with Crippen molar-refractivity contribution in [2.24, 2.45) is 0 Å². The van der Waals surface area contributed by atoms with Crippen LogP contribution in [0.15, 0.2) is 18.2 Å². The highest BCUT2D eigenvalue weighted by molar-refractivity contribution is 5.50. The van der Waals surface area contributed by atoms with Gasteiger partial charge in [0.05, 0.1) is 0 Å². The van der Waals surface area contributed by atoms with Crippen LogP contribution < -0.4 is 10.2 Å². The third-order valence-electron chi connectivity index (χ3n) is 3.72. The number of nitrogens with one attached hydrogen (secondary N) is 1. The van der Waals surface area contributed by atoms with E-state index in [0.29, 0.717) is 6.04 Å². The van der Waals surface area contributed by atoms with Gasteiger partial charge >= 0.3 is 0 Å². The predicted molar refractivity (Wildman–Crippen MR) is 74.8 cm³/mol. The Kier molecular flexibility index (Phi) is 3.62. The van der Waals surface area contributed by atoms with Gasteiger partial charge in [-0.1, -0.05) is 26.8 Å². The second kappa shape index (κ2) is 4.88. The van der Waals surface area contributed by atoms with Crippen LogP contribution in [0, 0.1) is 5.82 Å². The summed E-state index contributed by atoms with van der Waals surface area (Å²) >= 11 is 0. The summed E-state index contributed by atoms with van der Waals surface area (Å²) in [4.78, 5) is 2.25. The van der Waals surface area contributed by atoms with Crippen molar-refractivity contribution >= 4 is 5.69 Å². The Balaban J connectivity index is 2.20. The van der Waals surface area contributed by atoms with Gasteiger partial charge in [-0.2, -0.15) is 0 Å². The summed E-state index contributed by atoms with van der Waals surface area (Å²) in [6, 6.07) is 6.17. The van der Waals surface area contributed by atoms with E-state index in [4.69, 9.17) is 0 Å². The molecular weight excluding hydrogens is 227 g/mol. The van der Waals surface area contributed by atoms with E-state index in [1.54, 1.807) is 6.07 Å². The van der Waals surface area contributed by atoms with Gasteiger partial charge in [0.15, 0.2) is 0 Å². The average Bonchev–Trinajstić information content (AvgIpc) is 2.75. The van der Waals surface area contributed by atoms with Crippen LogP contribution in [-0.2, 0) is 5.41 Å². The van der Waals surface area contributed by atoms with Gasteiger partial charge in [0.1, 0.15) is 5.82 Å². The molecule has 18 heavy (non-hydrogen) atoms. The molecular formula is C15H23FN2.